The normalized spacial score (nSPS) is 10.9. The van der Waals surface area contributed by atoms with E-state index in [2.05, 4.69) is 10.1 Å². The Morgan fingerprint density at radius 3 is 2.42 bits per heavy atom. The molecule has 178 valence electrons. The number of benzene rings is 2. The molecular weight excluding hydrogens is 449 g/mol. The predicted octanol–water partition coefficient (Wildman–Crippen LogP) is 3.54. The van der Waals surface area contributed by atoms with E-state index in [9.17, 15) is 32.9 Å². The number of nitrogens with zero attached hydrogens (tertiary/aromatic N) is 1. The van der Waals surface area contributed by atoms with Gasteiger partial charge in [0.1, 0.15) is 5.56 Å². The van der Waals surface area contributed by atoms with Crippen LogP contribution >= 0.6 is 0 Å². The van der Waals surface area contributed by atoms with E-state index in [-0.39, 0.29) is 42.2 Å². The summed E-state index contributed by atoms with van der Waals surface area (Å²) in [5.74, 6) is -1.45. The fourth-order valence-corrected chi connectivity index (χ4v) is 2.91. The highest BCUT2D eigenvalue weighted by atomic mass is 19.4. The van der Waals surface area contributed by atoms with E-state index in [0.717, 1.165) is 25.3 Å². The van der Waals surface area contributed by atoms with E-state index >= 15 is 0 Å². The van der Waals surface area contributed by atoms with Gasteiger partial charge in [-0.2, -0.15) is 13.2 Å². The summed E-state index contributed by atoms with van der Waals surface area (Å²) in [4.78, 5) is 34.3. The Bertz CT molecular complexity index is 1030. The Morgan fingerprint density at radius 2 is 1.82 bits per heavy atom. The van der Waals surface area contributed by atoms with Gasteiger partial charge in [0.25, 0.3) is 5.69 Å². The second-order valence-corrected chi connectivity index (χ2v) is 6.65. The zero-order valence-corrected chi connectivity index (χ0v) is 17.7. The Morgan fingerprint density at radius 1 is 1.12 bits per heavy atom. The molecule has 0 saturated heterocycles. The van der Waals surface area contributed by atoms with Gasteiger partial charge >= 0.3 is 12.1 Å². The fourth-order valence-electron chi connectivity index (χ4n) is 2.91. The van der Waals surface area contributed by atoms with Gasteiger partial charge in [0.2, 0.25) is 5.91 Å². The van der Waals surface area contributed by atoms with Crippen LogP contribution in [0.1, 0.15) is 27.9 Å². The van der Waals surface area contributed by atoms with Crippen LogP contribution in [0.15, 0.2) is 36.4 Å². The highest BCUT2D eigenvalue weighted by Crippen LogP contribution is 2.35. The van der Waals surface area contributed by atoms with Gasteiger partial charge in [-0.3, -0.25) is 14.9 Å². The minimum atomic E-state index is -4.56. The summed E-state index contributed by atoms with van der Waals surface area (Å²) in [5, 5.41) is 13.7. The van der Waals surface area contributed by atoms with Crippen molar-refractivity contribution in [3.05, 3.63) is 63.2 Å². The summed E-state index contributed by atoms with van der Waals surface area (Å²) in [5.41, 5.74) is -1.84. The number of ether oxygens (including phenoxy) is 3. The smallest absolute Gasteiger partial charge is 0.416 e. The molecule has 2 aromatic rings. The molecular formula is C21H21F3N2O7. The van der Waals surface area contributed by atoms with Crippen molar-refractivity contribution in [2.75, 3.05) is 27.4 Å². The van der Waals surface area contributed by atoms with E-state index in [1.54, 1.807) is 0 Å². The summed E-state index contributed by atoms with van der Waals surface area (Å²) in [6, 6.07) is 6.98. The molecule has 9 nitrogen and oxygen atoms in total. The molecule has 0 aliphatic heterocycles. The first-order chi connectivity index (χ1) is 15.6. The quantitative estimate of drug-likeness (QED) is 0.244. The summed E-state index contributed by atoms with van der Waals surface area (Å²) in [6.45, 7) is 0.125. The molecule has 0 unspecified atom stereocenters. The van der Waals surface area contributed by atoms with Crippen molar-refractivity contribution in [2.45, 2.75) is 19.0 Å². The Hall–Kier alpha value is -3.83. The third-order valence-corrected chi connectivity index (χ3v) is 4.46. The third-order valence-electron chi connectivity index (χ3n) is 4.46. The fraction of sp³-hybridized carbons (Fsp3) is 0.333. The van der Waals surface area contributed by atoms with Crippen molar-refractivity contribution < 1.29 is 41.9 Å². The molecule has 33 heavy (non-hydrogen) atoms. The minimum Gasteiger partial charge on any atom is -0.493 e. The maximum Gasteiger partial charge on any atom is 0.416 e. The molecule has 0 saturated carbocycles. The van der Waals surface area contributed by atoms with E-state index in [1.165, 1.54) is 25.3 Å². The first-order valence-corrected chi connectivity index (χ1v) is 9.57. The lowest BCUT2D eigenvalue weighted by Gasteiger charge is -2.13. The number of carbonyl (C=O) groups excluding carboxylic acids is 2. The van der Waals surface area contributed by atoms with Crippen molar-refractivity contribution in [3.63, 3.8) is 0 Å². The van der Waals surface area contributed by atoms with Crippen LogP contribution in [-0.2, 0) is 22.1 Å². The number of amides is 1. The SMILES string of the molecule is COC(=O)c1cc(OCCCNC(=O)Cc2ccccc2C(F)(F)F)c(OC)cc1[N+](=O)[O-]. The summed E-state index contributed by atoms with van der Waals surface area (Å²) < 4.78 is 54.2. The van der Waals surface area contributed by atoms with Crippen molar-refractivity contribution in [1.29, 1.82) is 0 Å². The monoisotopic (exact) mass is 470 g/mol. The topological polar surface area (TPSA) is 117 Å². The van der Waals surface area contributed by atoms with Crippen molar-refractivity contribution in [1.82, 2.24) is 5.32 Å². The first kappa shape index (κ1) is 25.4. The molecule has 0 fully saturated rings. The van der Waals surface area contributed by atoms with Crippen LogP contribution in [-0.4, -0.2) is 44.2 Å². The largest absolute Gasteiger partial charge is 0.493 e. The zero-order chi connectivity index (χ0) is 24.6. The van der Waals surface area contributed by atoms with E-state index < -0.39 is 40.6 Å². The van der Waals surface area contributed by atoms with E-state index in [1.807, 2.05) is 0 Å². The van der Waals surface area contributed by atoms with Crippen molar-refractivity contribution in [3.8, 4) is 11.5 Å². The number of nitrogens with one attached hydrogen (secondary N) is 1. The maximum absolute atomic E-state index is 13.0. The predicted molar refractivity (Wildman–Crippen MR) is 109 cm³/mol. The number of methoxy groups -OCH3 is 2. The average Bonchev–Trinajstić information content (AvgIpc) is 2.77. The molecule has 1 amide bonds. The van der Waals surface area contributed by atoms with Crippen LogP contribution < -0.4 is 14.8 Å². The van der Waals surface area contributed by atoms with Gasteiger partial charge < -0.3 is 19.5 Å². The first-order valence-electron chi connectivity index (χ1n) is 9.57. The molecule has 0 atom stereocenters. The lowest BCUT2D eigenvalue weighted by molar-refractivity contribution is -0.385. The summed E-state index contributed by atoms with van der Waals surface area (Å²) in [6.07, 6.45) is -4.73. The number of esters is 1. The number of nitro benzene ring substituents is 1. The number of rotatable bonds is 10. The molecule has 12 heteroatoms. The number of hydrogen-bond donors (Lipinski definition) is 1. The summed E-state index contributed by atoms with van der Waals surface area (Å²) >= 11 is 0. The molecule has 1 N–H and O–H groups in total. The second kappa shape index (κ2) is 11.2. The molecule has 0 aliphatic carbocycles. The van der Waals surface area contributed by atoms with Gasteiger partial charge in [0.05, 0.1) is 43.8 Å². The number of carbonyl (C=O) groups is 2. The molecule has 0 spiro atoms. The molecule has 0 radical (unpaired) electrons. The maximum atomic E-state index is 13.0. The summed E-state index contributed by atoms with van der Waals surface area (Å²) in [7, 11) is 2.34. The molecule has 2 aromatic carbocycles. The van der Waals surface area contributed by atoms with Crippen molar-refractivity contribution >= 4 is 17.6 Å². The Labute approximate surface area is 186 Å². The van der Waals surface area contributed by atoms with Gasteiger partial charge in [-0.1, -0.05) is 18.2 Å². The molecule has 0 aromatic heterocycles. The van der Waals surface area contributed by atoms with Crippen LogP contribution in [0.25, 0.3) is 0 Å². The number of alkyl halides is 3. The number of nitro groups is 1. The Kier molecular flexibility index (Phi) is 8.60. The lowest BCUT2D eigenvalue weighted by Crippen LogP contribution is -2.28. The number of hydrogen-bond acceptors (Lipinski definition) is 7. The highest BCUT2D eigenvalue weighted by Gasteiger charge is 2.33. The average molecular weight is 470 g/mol. The van der Waals surface area contributed by atoms with Gasteiger partial charge in [0, 0.05) is 12.6 Å². The van der Waals surface area contributed by atoms with Gasteiger partial charge in [-0.05, 0) is 18.1 Å². The van der Waals surface area contributed by atoms with E-state index in [0.29, 0.717) is 0 Å². The molecule has 2 rings (SSSR count). The van der Waals surface area contributed by atoms with Gasteiger partial charge in [0.15, 0.2) is 11.5 Å². The van der Waals surface area contributed by atoms with E-state index in [4.69, 9.17) is 9.47 Å². The van der Waals surface area contributed by atoms with Gasteiger partial charge in [-0.15, -0.1) is 0 Å². The zero-order valence-electron chi connectivity index (χ0n) is 17.7. The highest BCUT2D eigenvalue weighted by molar-refractivity contribution is 5.95. The van der Waals surface area contributed by atoms with Gasteiger partial charge in [-0.25, -0.2) is 4.79 Å². The van der Waals surface area contributed by atoms with Crippen LogP contribution in [0.3, 0.4) is 0 Å². The second-order valence-electron chi connectivity index (χ2n) is 6.65. The van der Waals surface area contributed by atoms with Crippen LogP contribution in [0.2, 0.25) is 0 Å². The lowest BCUT2D eigenvalue weighted by atomic mass is 10.0. The van der Waals surface area contributed by atoms with Crippen LogP contribution in [0.4, 0.5) is 18.9 Å². The Balaban J connectivity index is 1.94. The van der Waals surface area contributed by atoms with Crippen LogP contribution in [0, 0.1) is 10.1 Å². The molecule has 0 heterocycles. The number of halogens is 3. The van der Waals surface area contributed by atoms with Crippen LogP contribution in [0.5, 0.6) is 11.5 Å². The standard InChI is InChI=1S/C21H21F3N2O7/c1-31-17-12-16(26(29)30)14(20(28)32-2)11-18(17)33-9-5-8-25-19(27)10-13-6-3-4-7-15(13)21(22,23)24/h3-4,6-7,11-12H,5,8-10H2,1-2H3,(H,25,27). The van der Waals surface area contributed by atoms with Crippen molar-refractivity contribution in [2.24, 2.45) is 0 Å². The third kappa shape index (κ3) is 6.82. The molecule has 0 bridgehead atoms. The minimum absolute atomic E-state index is 0.0159. The molecule has 0 aliphatic rings.